The van der Waals surface area contributed by atoms with Crippen molar-refractivity contribution in [1.29, 1.82) is 0 Å². The minimum absolute atomic E-state index is 0.125. The second kappa shape index (κ2) is 10.8. The first-order valence-corrected chi connectivity index (χ1v) is 8.76. The van der Waals surface area contributed by atoms with E-state index in [1.807, 2.05) is 0 Å². The molecule has 4 N–H and O–H groups in total. The van der Waals surface area contributed by atoms with Gasteiger partial charge in [0.25, 0.3) is 0 Å². The van der Waals surface area contributed by atoms with Gasteiger partial charge in [-0.05, 0) is 40.5 Å². The van der Waals surface area contributed by atoms with E-state index in [-0.39, 0.29) is 5.54 Å². The summed E-state index contributed by atoms with van der Waals surface area (Å²) in [5.74, 6) is 0.781. The topological polar surface area (TPSA) is 68.7 Å². The molecule has 0 spiro atoms. The third kappa shape index (κ3) is 10.9. The lowest BCUT2D eigenvalue weighted by Crippen LogP contribution is -2.45. The molecule has 0 aromatic rings. The second-order valence-corrected chi connectivity index (χ2v) is 7.02. The Morgan fingerprint density at radius 1 is 0.955 bits per heavy atom. The van der Waals surface area contributed by atoms with Gasteiger partial charge in [-0.3, -0.25) is 4.99 Å². The summed E-state index contributed by atoms with van der Waals surface area (Å²) in [6, 6.07) is 0. The van der Waals surface area contributed by atoms with Crippen molar-refractivity contribution in [2.75, 3.05) is 26.2 Å². The monoisotopic (exact) mass is 314 g/mol. The van der Waals surface area contributed by atoms with Gasteiger partial charge in [0.05, 0.1) is 12.1 Å². The normalized spacial score (nSPS) is 13.3. The zero-order chi connectivity index (χ0) is 17.1. The van der Waals surface area contributed by atoms with Gasteiger partial charge in [0, 0.05) is 25.2 Å². The number of guanidine groups is 1. The Morgan fingerprint density at radius 2 is 1.55 bits per heavy atom. The zero-order valence-corrected chi connectivity index (χ0v) is 15.6. The van der Waals surface area contributed by atoms with E-state index >= 15 is 0 Å². The molecule has 0 bridgehead atoms. The first kappa shape index (κ1) is 21.2. The molecule has 0 atom stereocenters. The van der Waals surface area contributed by atoms with Gasteiger partial charge in [0.1, 0.15) is 0 Å². The molecule has 0 unspecified atom stereocenters. The van der Waals surface area contributed by atoms with Crippen molar-refractivity contribution in [3.05, 3.63) is 0 Å². The Balaban J connectivity index is 4.45. The van der Waals surface area contributed by atoms with Gasteiger partial charge in [0.2, 0.25) is 0 Å². The van der Waals surface area contributed by atoms with Crippen LogP contribution in [0.5, 0.6) is 0 Å². The summed E-state index contributed by atoms with van der Waals surface area (Å²) in [5.41, 5.74) is -0.546. The summed E-state index contributed by atoms with van der Waals surface area (Å²) in [7, 11) is 0. The Kier molecular flexibility index (Phi) is 10.4. The molecule has 0 rings (SSSR count). The fourth-order valence-electron chi connectivity index (χ4n) is 2.40. The molecule has 0 aromatic carbocycles. The summed E-state index contributed by atoms with van der Waals surface area (Å²) >= 11 is 0. The molecule has 0 aliphatic carbocycles. The number of rotatable bonds is 10. The third-order valence-electron chi connectivity index (χ3n) is 3.38. The summed E-state index contributed by atoms with van der Waals surface area (Å²) in [6.07, 6.45) is 3.56. The predicted molar refractivity (Wildman–Crippen MR) is 96.5 cm³/mol. The summed E-state index contributed by atoms with van der Waals surface area (Å²) < 4.78 is 0. The number of aliphatic hydroxyl groups is 1. The van der Waals surface area contributed by atoms with Crippen molar-refractivity contribution in [3.63, 3.8) is 0 Å². The zero-order valence-electron chi connectivity index (χ0n) is 15.6. The molecular weight excluding hydrogens is 276 g/mol. The van der Waals surface area contributed by atoms with Crippen molar-refractivity contribution in [2.24, 2.45) is 4.99 Å². The van der Waals surface area contributed by atoms with Crippen molar-refractivity contribution in [3.8, 4) is 0 Å². The molecule has 0 aromatic heterocycles. The van der Waals surface area contributed by atoms with Crippen LogP contribution in [0.15, 0.2) is 4.99 Å². The van der Waals surface area contributed by atoms with Gasteiger partial charge in [-0.25, -0.2) is 0 Å². The van der Waals surface area contributed by atoms with Crippen molar-refractivity contribution >= 4 is 5.96 Å². The Hall–Kier alpha value is -0.810. The highest BCUT2D eigenvalue weighted by Crippen LogP contribution is 2.19. The quantitative estimate of drug-likeness (QED) is 0.284. The molecule has 132 valence electrons. The summed E-state index contributed by atoms with van der Waals surface area (Å²) in [5, 5.41) is 20.6. The smallest absolute Gasteiger partial charge is 0.191 e. The number of hydrogen-bond donors (Lipinski definition) is 4. The molecule has 0 radical (unpaired) electrons. The van der Waals surface area contributed by atoms with Gasteiger partial charge in [0.15, 0.2) is 5.96 Å². The largest absolute Gasteiger partial charge is 0.388 e. The average molecular weight is 315 g/mol. The number of nitrogens with one attached hydrogen (secondary N) is 3. The second-order valence-electron chi connectivity index (χ2n) is 7.02. The van der Waals surface area contributed by atoms with Crippen LogP contribution in [0.2, 0.25) is 0 Å². The van der Waals surface area contributed by atoms with E-state index < -0.39 is 5.60 Å². The number of nitrogens with zero attached hydrogens (tertiary/aromatic N) is 1. The van der Waals surface area contributed by atoms with Crippen molar-refractivity contribution in [1.82, 2.24) is 16.0 Å². The van der Waals surface area contributed by atoms with Crippen LogP contribution in [0.3, 0.4) is 0 Å². The molecule has 0 aliphatic rings. The molecule has 0 fully saturated rings. The number of aliphatic imine (C=N–C) groups is 1. The van der Waals surface area contributed by atoms with Crippen LogP contribution in [0.25, 0.3) is 0 Å². The minimum Gasteiger partial charge on any atom is -0.388 e. The lowest BCUT2D eigenvalue weighted by molar-refractivity contribution is 0.0306. The fraction of sp³-hybridized carbons (Fsp3) is 0.941. The van der Waals surface area contributed by atoms with Crippen LogP contribution < -0.4 is 16.0 Å². The molecule has 0 heterocycles. The van der Waals surface area contributed by atoms with Gasteiger partial charge >= 0.3 is 0 Å². The van der Waals surface area contributed by atoms with Crippen molar-refractivity contribution < 1.29 is 5.11 Å². The molecule has 0 amide bonds. The van der Waals surface area contributed by atoms with Crippen LogP contribution in [-0.4, -0.2) is 48.4 Å². The molecule has 5 heteroatoms. The maximum Gasteiger partial charge on any atom is 0.191 e. The molecule has 0 aliphatic heterocycles. The Bertz CT molecular complexity index is 304. The molecule has 0 saturated carbocycles. The molecule has 5 nitrogen and oxygen atoms in total. The van der Waals surface area contributed by atoms with E-state index in [2.05, 4.69) is 62.5 Å². The van der Waals surface area contributed by atoms with Gasteiger partial charge < -0.3 is 21.1 Å². The predicted octanol–water partition coefficient (Wildman–Crippen LogP) is 2.26. The first-order chi connectivity index (χ1) is 10.3. The molecule has 0 saturated heterocycles. The van der Waals surface area contributed by atoms with E-state index in [4.69, 9.17) is 0 Å². The lowest BCUT2D eigenvalue weighted by atomic mass is 9.93. The van der Waals surface area contributed by atoms with Crippen LogP contribution in [0.4, 0.5) is 0 Å². The summed E-state index contributed by atoms with van der Waals surface area (Å²) in [4.78, 5) is 4.57. The highest BCUT2D eigenvalue weighted by atomic mass is 16.3. The Labute approximate surface area is 137 Å². The highest BCUT2D eigenvalue weighted by molar-refractivity contribution is 5.79. The average Bonchev–Trinajstić information content (AvgIpc) is 2.40. The Morgan fingerprint density at radius 3 is 2.00 bits per heavy atom. The van der Waals surface area contributed by atoms with Crippen LogP contribution in [0.1, 0.15) is 67.2 Å². The van der Waals surface area contributed by atoms with E-state index in [0.717, 1.165) is 51.3 Å². The lowest BCUT2D eigenvalue weighted by Gasteiger charge is -2.26. The molecule has 22 heavy (non-hydrogen) atoms. The number of hydrogen-bond acceptors (Lipinski definition) is 3. The minimum atomic E-state index is -0.671. The molecular formula is C17H38N4O. The standard InChI is InChI=1S/C17H38N4O/c1-7-10-17(22,11-8-2)14-20-15(18-9-3)19-12-13-21-16(4,5)6/h21-22H,7-14H2,1-6H3,(H2,18,19,20). The van der Waals surface area contributed by atoms with Gasteiger partial charge in [-0.15, -0.1) is 0 Å². The van der Waals surface area contributed by atoms with Gasteiger partial charge in [-0.1, -0.05) is 26.7 Å². The maximum absolute atomic E-state index is 10.6. The van der Waals surface area contributed by atoms with E-state index in [0.29, 0.717) is 6.54 Å². The fourth-order valence-corrected chi connectivity index (χ4v) is 2.40. The third-order valence-corrected chi connectivity index (χ3v) is 3.38. The SMILES string of the molecule is CCCC(O)(CCC)CN=C(NCC)NCCNC(C)(C)C. The van der Waals surface area contributed by atoms with Gasteiger partial charge in [-0.2, -0.15) is 0 Å². The van der Waals surface area contributed by atoms with E-state index in [9.17, 15) is 5.11 Å². The van der Waals surface area contributed by atoms with E-state index in [1.165, 1.54) is 0 Å². The maximum atomic E-state index is 10.6. The van der Waals surface area contributed by atoms with Crippen LogP contribution >= 0.6 is 0 Å². The van der Waals surface area contributed by atoms with Crippen molar-refractivity contribution in [2.45, 2.75) is 78.4 Å². The first-order valence-electron chi connectivity index (χ1n) is 8.76. The van der Waals surface area contributed by atoms with E-state index in [1.54, 1.807) is 0 Å². The highest BCUT2D eigenvalue weighted by Gasteiger charge is 2.24. The van der Waals surface area contributed by atoms with Crippen LogP contribution in [0, 0.1) is 0 Å². The van der Waals surface area contributed by atoms with Crippen LogP contribution in [-0.2, 0) is 0 Å². The summed E-state index contributed by atoms with van der Waals surface area (Å²) in [6.45, 7) is 15.7.